The summed E-state index contributed by atoms with van der Waals surface area (Å²) in [7, 11) is 0. The first-order valence-corrected chi connectivity index (χ1v) is 8.18. The number of anilines is 1. The first-order valence-electron chi connectivity index (χ1n) is 8.18. The minimum Gasteiger partial charge on any atom is -0.371 e. The van der Waals surface area contributed by atoms with Gasteiger partial charge in [-0.05, 0) is 57.3 Å². The Morgan fingerprint density at radius 3 is 2.30 bits per heavy atom. The molecule has 0 saturated carbocycles. The Kier molecular flexibility index (Phi) is 5.47. The summed E-state index contributed by atoms with van der Waals surface area (Å²) >= 11 is 0. The van der Waals surface area contributed by atoms with Crippen LogP contribution in [0, 0.1) is 19.8 Å². The van der Waals surface area contributed by atoms with E-state index in [1.165, 1.54) is 62.4 Å². The van der Waals surface area contributed by atoms with Crippen molar-refractivity contribution in [2.24, 2.45) is 5.92 Å². The zero-order chi connectivity index (χ0) is 14.5. The molecule has 1 aliphatic heterocycles. The lowest BCUT2D eigenvalue weighted by molar-refractivity contribution is 0.229. The third kappa shape index (κ3) is 3.76. The summed E-state index contributed by atoms with van der Waals surface area (Å²) in [6.45, 7) is 15.1. The van der Waals surface area contributed by atoms with E-state index in [0.717, 1.165) is 5.92 Å². The third-order valence-electron chi connectivity index (χ3n) is 4.72. The van der Waals surface area contributed by atoms with E-state index in [0.29, 0.717) is 0 Å². The van der Waals surface area contributed by atoms with Gasteiger partial charge >= 0.3 is 0 Å². The Morgan fingerprint density at radius 1 is 1.10 bits per heavy atom. The lowest BCUT2D eigenvalue weighted by Crippen LogP contribution is -2.39. The van der Waals surface area contributed by atoms with Crippen LogP contribution in [0.4, 0.5) is 5.69 Å². The number of benzene rings is 1. The predicted octanol–water partition coefficient (Wildman–Crippen LogP) is 3.86. The fourth-order valence-corrected chi connectivity index (χ4v) is 3.36. The minimum absolute atomic E-state index is 0.886. The van der Waals surface area contributed by atoms with Gasteiger partial charge in [0.25, 0.3) is 0 Å². The van der Waals surface area contributed by atoms with Crippen LogP contribution in [-0.2, 0) is 0 Å². The molecule has 0 spiro atoms. The highest BCUT2D eigenvalue weighted by Gasteiger charge is 2.21. The van der Waals surface area contributed by atoms with Gasteiger partial charge in [-0.25, -0.2) is 0 Å². The second kappa shape index (κ2) is 7.12. The van der Waals surface area contributed by atoms with Gasteiger partial charge in [-0.2, -0.15) is 0 Å². The number of rotatable bonds is 5. The topological polar surface area (TPSA) is 6.48 Å². The molecule has 1 saturated heterocycles. The smallest absolute Gasteiger partial charge is 0.0396 e. The van der Waals surface area contributed by atoms with Crippen LogP contribution in [0.5, 0.6) is 0 Å². The van der Waals surface area contributed by atoms with Gasteiger partial charge in [-0.1, -0.05) is 31.5 Å². The molecule has 1 heterocycles. The van der Waals surface area contributed by atoms with Crippen LogP contribution in [0.3, 0.4) is 0 Å². The zero-order valence-electron chi connectivity index (χ0n) is 13.7. The SMILES string of the molecule is CCN(CC)CC1CCN(c2ccc(C)cc2C)CC1. The van der Waals surface area contributed by atoms with Gasteiger partial charge in [0.1, 0.15) is 0 Å². The first kappa shape index (κ1) is 15.4. The van der Waals surface area contributed by atoms with Crippen molar-refractivity contribution in [2.45, 2.75) is 40.5 Å². The summed E-state index contributed by atoms with van der Waals surface area (Å²) < 4.78 is 0. The normalized spacial score (nSPS) is 16.9. The van der Waals surface area contributed by atoms with E-state index in [4.69, 9.17) is 0 Å². The maximum Gasteiger partial charge on any atom is 0.0396 e. The molecule has 2 rings (SSSR count). The van der Waals surface area contributed by atoms with Crippen LogP contribution in [0.1, 0.15) is 37.8 Å². The maximum absolute atomic E-state index is 2.58. The van der Waals surface area contributed by atoms with Crippen molar-refractivity contribution in [1.29, 1.82) is 0 Å². The largest absolute Gasteiger partial charge is 0.371 e. The molecule has 2 nitrogen and oxygen atoms in total. The lowest BCUT2D eigenvalue weighted by atomic mass is 9.95. The second-order valence-electron chi connectivity index (χ2n) is 6.21. The average molecular weight is 274 g/mol. The van der Waals surface area contributed by atoms with Gasteiger partial charge in [-0.15, -0.1) is 0 Å². The minimum atomic E-state index is 0.886. The molecule has 20 heavy (non-hydrogen) atoms. The molecule has 0 atom stereocenters. The fraction of sp³-hybridized carbons (Fsp3) is 0.667. The monoisotopic (exact) mass is 274 g/mol. The third-order valence-corrected chi connectivity index (χ3v) is 4.72. The summed E-state index contributed by atoms with van der Waals surface area (Å²) in [6.07, 6.45) is 2.67. The summed E-state index contributed by atoms with van der Waals surface area (Å²) in [5.41, 5.74) is 4.23. The molecule has 0 amide bonds. The quantitative estimate of drug-likeness (QED) is 0.804. The van der Waals surface area contributed by atoms with Crippen molar-refractivity contribution in [3.8, 4) is 0 Å². The van der Waals surface area contributed by atoms with E-state index in [1.54, 1.807) is 0 Å². The fourth-order valence-electron chi connectivity index (χ4n) is 3.36. The van der Waals surface area contributed by atoms with Crippen molar-refractivity contribution < 1.29 is 0 Å². The van der Waals surface area contributed by atoms with Crippen molar-refractivity contribution in [3.05, 3.63) is 29.3 Å². The lowest BCUT2D eigenvalue weighted by Gasteiger charge is -2.36. The van der Waals surface area contributed by atoms with Crippen LogP contribution in [0.15, 0.2) is 18.2 Å². The van der Waals surface area contributed by atoms with Gasteiger partial charge in [0.05, 0.1) is 0 Å². The van der Waals surface area contributed by atoms with Crippen molar-refractivity contribution in [3.63, 3.8) is 0 Å². The Balaban J connectivity index is 1.90. The zero-order valence-corrected chi connectivity index (χ0v) is 13.7. The van der Waals surface area contributed by atoms with Crippen molar-refractivity contribution in [1.82, 2.24) is 4.90 Å². The van der Waals surface area contributed by atoms with E-state index in [2.05, 4.69) is 55.7 Å². The molecule has 0 aliphatic carbocycles. The van der Waals surface area contributed by atoms with Gasteiger partial charge in [0.2, 0.25) is 0 Å². The summed E-state index contributed by atoms with van der Waals surface area (Å²) in [6, 6.07) is 6.84. The molecular weight excluding hydrogens is 244 g/mol. The van der Waals surface area contributed by atoms with Crippen LogP contribution in [0.2, 0.25) is 0 Å². The average Bonchev–Trinajstić information content (AvgIpc) is 2.46. The molecule has 0 aromatic heterocycles. The van der Waals surface area contributed by atoms with Gasteiger partial charge in [-0.3, -0.25) is 0 Å². The Hall–Kier alpha value is -1.02. The number of piperidine rings is 1. The molecule has 0 bridgehead atoms. The maximum atomic E-state index is 2.58. The Labute approximate surface area is 124 Å². The van der Waals surface area contributed by atoms with E-state index in [-0.39, 0.29) is 0 Å². The highest BCUT2D eigenvalue weighted by atomic mass is 15.1. The predicted molar refractivity (Wildman–Crippen MR) is 88.6 cm³/mol. The highest BCUT2D eigenvalue weighted by Crippen LogP contribution is 2.27. The van der Waals surface area contributed by atoms with Crippen LogP contribution < -0.4 is 4.90 Å². The van der Waals surface area contributed by atoms with Crippen molar-refractivity contribution in [2.75, 3.05) is 37.6 Å². The summed E-state index contributed by atoms with van der Waals surface area (Å²) in [5, 5.41) is 0. The summed E-state index contributed by atoms with van der Waals surface area (Å²) in [4.78, 5) is 5.14. The molecule has 1 aromatic rings. The van der Waals surface area contributed by atoms with Gasteiger partial charge < -0.3 is 9.80 Å². The number of hydrogen-bond donors (Lipinski definition) is 0. The van der Waals surface area contributed by atoms with Crippen LogP contribution in [0.25, 0.3) is 0 Å². The molecule has 0 unspecified atom stereocenters. The molecule has 1 aromatic carbocycles. The second-order valence-corrected chi connectivity index (χ2v) is 6.21. The molecular formula is C18H30N2. The Morgan fingerprint density at radius 2 is 1.75 bits per heavy atom. The standard InChI is InChI=1S/C18H30N2/c1-5-19(6-2)14-17-9-11-20(12-10-17)18-8-7-15(3)13-16(18)4/h7-8,13,17H,5-6,9-12,14H2,1-4H3. The summed E-state index contributed by atoms with van der Waals surface area (Å²) in [5.74, 6) is 0.886. The van der Waals surface area contributed by atoms with Gasteiger partial charge in [0.15, 0.2) is 0 Å². The molecule has 1 aliphatic rings. The number of hydrogen-bond acceptors (Lipinski definition) is 2. The number of aryl methyl sites for hydroxylation is 2. The van der Waals surface area contributed by atoms with Crippen LogP contribution in [-0.4, -0.2) is 37.6 Å². The molecule has 2 heteroatoms. The Bertz CT molecular complexity index is 415. The molecule has 1 fully saturated rings. The van der Waals surface area contributed by atoms with E-state index in [1.807, 2.05) is 0 Å². The van der Waals surface area contributed by atoms with Crippen molar-refractivity contribution >= 4 is 5.69 Å². The van der Waals surface area contributed by atoms with E-state index >= 15 is 0 Å². The van der Waals surface area contributed by atoms with Gasteiger partial charge in [0, 0.05) is 25.3 Å². The molecule has 112 valence electrons. The molecule has 0 N–H and O–H groups in total. The van der Waals surface area contributed by atoms with Crippen LogP contribution >= 0.6 is 0 Å². The first-order chi connectivity index (χ1) is 9.63. The number of nitrogens with zero attached hydrogens (tertiary/aromatic N) is 2. The molecule has 0 radical (unpaired) electrons. The van der Waals surface area contributed by atoms with E-state index < -0.39 is 0 Å². The highest BCUT2D eigenvalue weighted by molar-refractivity contribution is 5.54. The van der Waals surface area contributed by atoms with E-state index in [9.17, 15) is 0 Å².